The van der Waals surface area contributed by atoms with E-state index in [-0.39, 0.29) is 32.0 Å². The molecule has 0 saturated carbocycles. The molecular weight excluding hydrogens is 418 g/mol. The number of benzene rings is 2. The lowest BCUT2D eigenvalue weighted by atomic mass is 10.2. The van der Waals surface area contributed by atoms with Gasteiger partial charge in [-0.15, -0.1) is 0 Å². The summed E-state index contributed by atoms with van der Waals surface area (Å²) in [5, 5.41) is 22.9. The van der Waals surface area contributed by atoms with E-state index >= 15 is 0 Å². The fraction of sp³-hybridized carbons (Fsp3) is 0.0455. The molecule has 0 saturated heterocycles. The van der Waals surface area contributed by atoms with Crippen molar-refractivity contribution in [2.75, 3.05) is 0 Å². The minimum atomic E-state index is -4.16. The molecule has 2 aromatic carbocycles. The van der Waals surface area contributed by atoms with E-state index in [1.165, 1.54) is 41.9 Å². The number of carboxylic acid groups (broad SMARTS) is 1. The molecular formula is C22H15N3O5S. The van der Waals surface area contributed by atoms with E-state index < -0.39 is 15.8 Å². The number of aryl methyl sites for hydroxylation is 1. The first-order valence-electron chi connectivity index (χ1n) is 9.05. The average molecular weight is 433 g/mol. The van der Waals surface area contributed by atoms with Gasteiger partial charge in [0, 0.05) is 6.20 Å². The van der Waals surface area contributed by atoms with Crippen LogP contribution >= 0.6 is 0 Å². The van der Waals surface area contributed by atoms with Crippen molar-refractivity contribution in [1.82, 2.24) is 9.61 Å². The third-order valence-corrected chi connectivity index (χ3v) is 6.59. The summed E-state index contributed by atoms with van der Waals surface area (Å²) in [4.78, 5) is 11.1. The quantitative estimate of drug-likeness (QED) is 0.507. The molecule has 0 aliphatic heterocycles. The lowest BCUT2D eigenvalue weighted by Gasteiger charge is -2.11. The van der Waals surface area contributed by atoms with Crippen molar-refractivity contribution in [3.05, 3.63) is 83.7 Å². The number of hydrogen-bond donors (Lipinski definition) is 1. The van der Waals surface area contributed by atoms with Crippen molar-refractivity contribution in [3.8, 4) is 17.6 Å². The molecule has 154 valence electrons. The Labute approximate surface area is 177 Å². The summed E-state index contributed by atoms with van der Waals surface area (Å²) in [7, 11) is -4.16. The first-order chi connectivity index (χ1) is 14.8. The fourth-order valence-electron chi connectivity index (χ4n) is 3.25. The molecule has 2 aromatic heterocycles. The Kier molecular flexibility index (Phi) is 4.93. The number of para-hydroxylation sites is 1. The maximum absolute atomic E-state index is 13.4. The molecule has 0 atom stereocenters. The summed E-state index contributed by atoms with van der Waals surface area (Å²) in [6.45, 7) is 1.48. The van der Waals surface area contributed by atoms with Crippen LogP contribution < -0.4 is 4.74 Å². The van der Waals surface area contributed by atoms with Crippen molar-refractivity contribution >= 4 is 21.3 Å². The second-order valence-corrected chi connectivity index (χ2v) is 8.54. The minimum absolute atomic E-state index is 0.0565. The summed E-state index contributed by atoms with van der Waals surface area (Å²) < 4.78 is 33.8. The maximum atomic E-state index is 13.4. The van der Waals surface area contributed by atoms with Gasteiger partial charge in [0.15, 0.2) is 0 Å². The van der Waals surface area contributed by atoms with Crippen LogP contribution in [-0.2, 0) is 9.84 Å². The summed E-state index contributed by atoms with van der Waals surface area (Å²) in [5.41, 5.74) is 0.00154. The largest absolute Gasteiger partial charge is 0.478 e. The van der Waals surface area contributed by atoms with E-state index in [9.17, 15) is 23.6 Å². The second kappa shape index (κ2) is 7.59. The Balaban J connectivity index is 1.83. The molecule has 0 radical (unpaired) electrons. The van der Waals surface area contributed by atoms with Crippen LogP contribution in [-0.4, -0.2) is 29.1 Å². The molecule has 31 heavy (non-hydrogen) atoms. The van der Waals surface area contributed by atoms with Gasteiger partial charge in [0.2, 0.25) is 9.84 Å². The molecule has 0 unspecified atom stereocenters. The Morgan fingerprint density at radius 2 is 1.74 bits per heavy atom. The molecule has 0 aliphatic carbocycles. The fourth-order valence-corrected chi connectivity index (χ4v) is 4.87. The SMILES string of the molecule is Cc1c(C(=O)O)cn2ncc(C#N)c(S(=O)(=O)c3ccc(Oc4ccccc4)cc3)c12. The number of aromatic nitrogens is 2. The van der Waals surface area contributed by atoms with Crippen LogP contribution in [0.15, 0.2) is 76.8 Å². The molecule has 8 nitrogen and oxygen atoms in total. The number of sulfone groups is 1. The molecule has 0 aliphatic rings. The zero-order valence-corrected chi connectivity index (χ0v) is 17.0. The van der Waals surface area contributed by atoms with E-state index in [0.29, 0.717) is 11.5 Å². The topological polar surface area (TPSA) is 122 Å². The standard InChI is InChI=1S/C22H15N3O5S/c1-14-19(22(26)27)13-25-20(14)21(15(11-23)12-24-25)31(28,29)18-9-7-17(8-10-18)30-16-5-3-2-4-6-16/h2-10,12-13H,1H3,(H,26,27). The zero-order valence-electron chi connectivity index (χ0n) is 16.2. The number of nitrogens with zero attached hydrogens (tertiary/aromatic N) is 3. The van der Waals surface area contributed by atoms with Crippen molar-refractivity contribution in [2.24, 2.45) is 0 Å². The Hall–Kier alpha value is -4.16. The lowest BCUT2D eigenvalue weighted by Crippen LogP contribution is -2.09. The van der Waals surface area contributed by atoms with Gasteiger partial charge in [-0.25, -0.2) is 17.7 Å². The van der Waals surface area contributed by atoms with Crippen LogP contribution in [0.1, 0.15) is 21.5 Å². The molecule has 0 amide bonds. The van der Waals surface area contributed by atoms with Gasteiger partial charge >= 0.3 is 5.97 Å². The summed E-state index contributed by atoms with van der Waals surface area (Å²) >= 11 is 0. The first-order valence-corrected chi connectivity index (χ1v) is 10.5. The third kappa shape index (κ3) is 3.49. The van der Waals surface area contributed by atoms with Crippen LogP contribution in [0.5, 0.6) is 11.5 Å². The molecule has 4 rings (SSSR count). The molecule has 9 heteroatoms. The normalized spacial score (nSPS) is 11.2. The van der Waals surface area contributed by atoms with E-state index in [1.54, 1.807) is 12.1 Å². The highest BCUT2D eigenvalue weighted by Gasteiger charge is 2.28. The van der Waals surface area contributed by atoms with Crippen LogP contribution in [0.4, 0.5) is 0 Å². The van der Waals surface area contributed by atoms with Gasteiger partial charge < -0.3 is 9.84 Å². The molecule has 0 fully saturated rings. The summed E-state index contributed by atoms with van der Waals surface area (Å²) in [5.74, 6) is -0.171. The van der Waals surface area contributed by atoms with E-state index in [1.807, 2.05) is 24.3 Å². The number of fused-ring (bicyclic) bond motifs is 1. The predicted octanol–water partition coefficient (Wildman–Crippen LogP) is 3.84. The Bertz CT molecular complexity index is 1450. The van der Waals surface area contributed by atoms with Crippen LogP contribution in [0.3, 0.4) is 0 Å². The molecule has 2 heterocycles. The highest BCUT2D eigenvalue weighted by Crippen LogP contribution is 2.32. The van der Waals surface area contributed by atoms with Gasteiger partial charge in [-0.05, 0) is 48.9 Å². The molecule has 1 N–H and O–H groups in total. The lowest BCUT2D eigenvalue weighted by molar-refractivity contribution is 0.0696. The summed E-state index contributed by atoms with van der Waals surface area (Å²) in [6, 6.07) is 16.7. The van der Waals surface area contributed by atoms with Crippen LogP contribution in [0.2, 0.25) is 0 Å². The van der Waals surface area contributed by atoms with Crippen molar-refractivity contribution < 1.29 is 23.1 Å². The van der Waals surface area contributed by atoms with E-state index in [2.05, 4.69) is 5.10 Å². The number of hydrogen-bond acceptors (Lipinski definition) is 6. The number of carbonyl (C=O) groups is 1. The first kappa shape index (κ1) is 20.1. The minimum Gasteiger partial charge on any atom is -0.478 e. The van der Waals surface area contributed by atoms with Crippen LogP contribution in [0.25, 0.3) is 5.52 Å². The van der Waals surface area contributed by atoms with Gasteiger partial charge in [0.05, 0.1) is 27.7 Å². The van der Waals surface area contributed by atoms with E-state index in [0.717, 1.165) is 6.20 Å². The number of aromatic carboxylic acids is 1. The number of rotatable bonds is 5. The highest BCUT2D eigenvalue weighted by molar-refractivity contribution is 7.91. The van der Waals surface area contributed by atoms with Crippen molar-refractivity contribution in [1.29, 1.82) is 5.26 Å². The van der Waals surface area contributed by atoms with Gasteiger partial charge in [0.25, 0.3) is 0 Å². The molecule has 0 bridgehead atoms. The zero-order chi connectivity index (χ0) is 22.2. The number of nitriles is 1. The molecule has 0 spiro atoms. The monoisotopic (exact) mass is 433 g/mol. The smallest absolute Gasteiger partial charge is 0.337 e. The molecule has 4 aromatic rings. The third-order valence-electron chi connectivity index (χ3n) is 4.74. The van der Waals surface area contributed by atoms with Gasteiger partial charge in [-0.1, -0.05) is 18.2 Å². The maximum Gasteiger partial charge on any atom is 0.337 e. The highest BCUT2D eigenvalue weighted by atomic mass is 32.2. The Morgan fingerprint density at radius 1 is 1.10 bits per heavy atom. The van der Waals surface area contributed by atoms with Gasteiger partial charge in [-0.3, -0.25) is 0 Å². The van der Waals surface area contributed by atoms with E-state index in [4.69, 9.17) is 4.74 Å². The van der Waals surface area contributed by atoms with Gasteiger partial charge in [0.1, 0.15) is 22.5 Å². The Morgan fingerprint density at radius 3 is 2.35 bits per heavy atom. The predicted molar refractivity (Wildman–Crippen MR) is 110 cm³/mol. The van der Waals surface area contributed by atoms with Crippen molar-refractivity contribution in [2.45, 2.75) is 16.7 Å². The van der Waals surface area contributed by atoms with Crippen molar-refractivity contribution in [3.63, 3.8) is 0 Å². The number of carboxylic acids is 1. The second-order valence-electron chi connectivity index (χ2n) is 6.66. The number of ether oxygens (including phenoxy) is 1. The van der Waals surface area contributed by atoms with Crippen LogP contribution in [0, 0.1) is 18.3 Å². The van der Waals surface area contributed by atoms with Gasteiger partial charge in [-0.2, -0.15) is 10.4 Å². The summed E-state index contributed by atoms with van der Waals surface area (Å²) in [6.07, 6.45) is 2.34. The average Bonchev–Trinajstić information content (AvgIpc) is 3.11.